The Bertz CT molecular complexity index is 842. The van der Waals surface area contributed by atoms with Gasteiger partial charge in [-0.15, -0.1) is 0 Å². The van der Waals surface area contributed by atoms with Crippen LogP contribution in [-0.2, 0) is 23.8 Å². The number of carbonyl (C=O) groups is 2. The van der Waals surface area contributed by atoms with Crippen molar-refractivity contribution >= 4 is 11.9 Å². The summed E-state index contributed by atoms with van der Waals surface area (Å²) in [5, 5.41) is 0. The Hall–Kier alpha value is -2.14. The Kier molecular flexibility index (Phi) is 39.5. The third kappa shape index (κ3) is 38.7. The lowest BCUT2D eigenvalue weighted by Crippen LogP contribution is -2.30. The molecule has 5 nitrogen and oxygen atoms in total. The first-order chi connectivity index (χ1) is 24.6. The summed E-state index contributed by atoms with van der Waals surface area (Å²) >= 11 is 0. The van der Waals surface area contributed by atoms with Crippen LogP contribution in [0.5, 0.6) is 0 Å². The Balaban J connectivity index is 4.11. The predicted octanol–water partition coefficient (Wildman–Crippen LogP) is 13.7. The minimum atomic E-state index is -0.532. The van der Waals surface area contributed by atoms with E-state index >= 15 is 0 Å². The van der Waals surface area contributed by atoms with Crippen molar-refractivity contribution in [2.45, 2.75) is 207 Å². The molecule has 0 aromatic heterocycles. The maximum atomic E-state index is 12.5. The van der Waals surface area contributed by atoms with E-state index < -0.39 is 6.10 Å². The van der Waals surface area contributed by atoms with Crippen LogP contribution in [-0.4, -0.2) is 37.9 Å². The van der Waals surface area contributed by atoms with E-state index in [9.17, 15) is 9.59 Å². The highest BCUT2D eigenvalue weighted by Crippen LogP contribution is 2.13. The average molecular weight is 701 g/mol. The topological polar surface area (TPSA) is 61.8 Å². The molecule has 0 saturated heterocycles. The number of rotatable bonds is 38. The molecule has 1 unspecified atom stereocenters. The van der Waals surface area contributed by atoms with Gasteiger partial charge in [0.05, 0.1) is 6.61 Å². The van der Waals surface area contributed by atoms with E-state index in [0.29, 0.717) is 19.4 Å². The fourth-order valence-electron chi connectivity index (χ4n) is 5.73. The maximum absolute atomic E-state index is 12.5. The van der Waals surface area contributed by atoms with Gasteiger partial charge in [-0.1, -0.05) is 179 Å². The largest absolute Gasteiger partial charge is 0.462 e. The molecule has 290 valence electrons. The van der Waals surface area contributed by atoms with Crippen LogP contribution in [0.3, 0.4) is 0 Å². The summed E-state index contributed by atoms with van der Waals surface area (Å²) in [6.07, 6.45) is 48.3. The first-order valence-corrected chi connectivity index (χ1v) is 21.2. The van der Waals surface area contributed by atoms with Crippen molar-refractivity contribution in [2.75, 3.05) is 19.8 Å². The molecule has 0 aliphatic rings. The van der Waals surface area contributed by atoms with Gasteiger partial charge in [0.15, 0.2) is 6.10 Å². The first-order valence-electron chi connectivity index (χ1n) is 21.2. The zero-order valence-electron chi connectivity index (χ0n) is 33.2. The summed E-state index contributed by atoms with van der Waals surface area (Å²) in [5.74, 6) is -0.419. The van der Waals surface area contributed by atoms with Crippen LogP contribution in [0, 0.1) is 0 Å². The fourth-order valence-corrected chi connectivity index (χ4v) is 5.73. The van der Waals surface area contributed by atoms with Crippen LogP contribution in [0.1, 0.15) is 201 Å². The second kappa shape index (κ2) is 41.3. The minimum absolute atomic E-state index is 0.0797. The third-order valence-electron chi connectivity index (χ3n) is 8.88. The van der Waals surface area contributed by atoms with Gasteiger partial charge in [-0.25, -0.2) is 0 Å². The van der Waals surface area contributed by atoms with E-state index in [1.807, 2.05) is 0 Å². The maximum Gasteiger partial charge on any atom is 0.306 e. The van der Waals surface area contributed by atoms with Gasteiger partial charge in [0, 0.05) is 19.4 Å². The number of allylic oxidation sites excluding steroid dienone is 8. The molecule has 0 aliphatic heterocycles. The van der Waals surface area contributed by atoms with Crippen LogP contribution in [0.4, 0.5) is 0 Å². The molecule has 5 heteroatoms. The second-order valence-corrected chi connectivity index (χ2v) is 13.9. The molecule has 0 aromatic rings. The predicted molar refractivity (Wildman–Crippen MR) is 215 cm³/mol. The molecule has 0 heterocycles. The molecule has 0 radical (unpaired) electrons. The highest BCUT2D eigenvalue weighted by Gasteiger charge is 2.17. The fraction of sp³-hybridized carbons (Fsp3) is 0.778. The number of hydrogen-bond acceptors (Lipinski definition) is 5. The van der Waals surface area contributed by atoms with Gasteiger partial charge >= 0.3 is 11.9 Å². The number of esters is 2. The molecule has 0 bridgehead atoms. The summed E-state index contributed by atoms with van der Waals surface area (Å²) in [4.78, 5) is 25.0. The van der Waals surface area contributed by atoms with Crippen molar-refractivity contribution in [3.8, 4) is 0 Å². The van der Waals surface area contributed by atoms with E-state index in [1.54, 1.807) is 0 Å². The normalized spacial score (nSPS) is 12.6. The summed E-state index contributed by atoms with van der Waals surface area (Å²) in [5.41, 5.74) is 0. The second-order valence-electron chi connectivity index (χ2n) is 13.9. The van der Waals surface area contributed by atoms with E-state index in [2.05, 4.69) is 69.4 Å². The van der Waals surface area contributed by atoms with Gasteiger partial charge in [-0.3, -0.25) is 9.59 Å². The Morgan fingerprint density at radius 2 is 0.900 bits per heavy atom. The van der Waals surface area contributed by atoms with Gasteiger partial charge in [-0.05, 0) is 57.8 Å². The van der Waals surface area contributed by atoms with E-state index in [4.69, 9.17) is 14.2 Å². The highest BCUT2D eigenvalue weighted by atomic mass is 16.6. The van der Waals surface area contributed by atoms with Gasteiger partial charge in [-0.2, -0.15) is 0 Å². The van der Waals surface area contributed by atoms with E-state index in [1.165, 1.54) is 89.9 Å². The van der Waals surface area contributed by atoms with Gasteiger partial charge in [0.2, 0.25) is 0 Å². The highest BCUT2D eigenvalue weighted by molar-refractivity contribution is 5.70. The SMILES string of the molecule is CC/C=C\C/C=C\C/C=C\C/C=C\CCCCCCCCC(=O)OCC(COCCCCCCCCCC)OC(=O)CCCCCCCCC. The standard InChI is InChI=1S/C45H80O5/c1-4-7-10-13-16-18-19-20-21-22-23-24-25-26-27-28-30-32-35-38-44(46)49-42-43(41-48-40-37-34-31-17-14-11-8-5-2)50-45(47)39-36-33-29-15-12-9-6-3/h7,10,16,18,20-21,23-24,43H,4-6,8-9,11-15,17,19,22,25-42H2,1-3H3/b10-7-,18-16-,21-20-,24-23-. The van der Waals surface area contributed by atoms with Crippen molar-refractivity contribution in [1.82, 2.24) is 0 Å². The van der Waals surface area contributed by atoms with Crippen LogP contribution in [0.25, 0.3) is 0 Å². The summed E-state index contributed by atoms with van der Waals surface area (Å²) < 4.78 is 17.1. The van der Waals surface area contributed by atoms with E-state index in [0.717, 1.165) is 77.0 Å². The molecular formula is C45H80O5. The molecule has 0 spiro atoms. The number of carbonyl (C=O) groups excluding carboxylic acids is 2. The molecule has 0 rings (SSSR count). The molecule has 0 saturated carbocycles. The van der Waals surface area contributed by atoms with Crippen molar-refractivity contribution < 1.29 is 23.8 Å². The van der Waals surface area contributed by atoms with E-state index in [-0.39, 0.29) is 25.2 Å². The molecule has 0 aromatic carbocycles. The van der Waals surface area contributed by atoms with Crippen molar-refractivity contribution in [3.63, 3.8) is 0 Å². The number of ether oxygens (including phenoxy) is 3. The lowest BCUT2D eigenvalue weighted by molar-refractivity contribution is -0.163. The Labute approximate surface area is 310 Å². The van der Waals surface area contributed by atoms with Gasteiger partial charge in [0.1, 0.15) is 6.61 Å². The molecule has 50 heavy (non-hydrogen) atoms. The van der Waals surface area contributed by atoms with Crippen molar-refractivity contribution in [2.24, 2.45) is 0 Å². The van der Waals surface area contributed by atoms with Gasteiger partial charge in [0.25, 0.3) is 0 Å². The van der Waals surface area contributed by atoms with Crippen LogP contribution in [0.2, 0.25) is 0 Å². The molecule has 1 atom stereocenters. The van der Waals surface area contributed by atoms with Gasteiger partial charge < -0.3 is 14.2 Å². The third-order valence-corrected chi connectivity index (χ3v) is 8.88. The zero-order chi connectivity index (χ0) is 36.4. The summed E-state index contributed by atoms with van der Waals surface area (Å²) in [6, 6.07) is 0. The molecule has 0 aliphatic carbocycles. The quantitative estimate of drug-likeness (QED) is 0.0364. The molecule has 0 amide bonds. The summed E-state index contributed by atoms with van der Waals surface area (Å²) in [6.45, 7) is 7.65. The lowest BCUT2D eigenvalue weighted by Gasteiger charge is -2.18. The van der Waals surface area contributed by atoms with Crippen LogP contribution >= 0.6 is 0 Å². The molecule has 0 N–H and O–H groups in total. The monoisotopic (exact) mass is 701 g/mol. The zero-order valence-corrected chi connectivity index (χ0v) is 33.2. The molecule has 0 fully saturated rings. The molecular weight excluding hydrogens is 620 g/mol. The minimum Gasteiger partial charge on any atom is -0.462 e. The smallest absolute Gasteiger partial charge is 0.306 e. The van der Waals surface area contributed by atoms with Crippen LogP contribution < -0.4 is 0 Å². The Morgan fingerprint density at radius 3 is 1.44 bits per heavy atom. The van der Waals surface area contributed by atoms with Crippen LogP contribution in [0.15, 0.2) is 48.6 Å². The van der Waals surface area contributed by atoms with Crippen molar-refractivity contribution in [3.05, 3.63) is 48.6 Å². The average Bonchev–Trinajstić information content (AvgIpc) is 3.11. The Morgan fingerprint density at radius 1 is 0.460 bits per heavy atom. The first kappa shape index (κ1) is 47.9. The lowest BCUT2D eigenvalue weighted by atomic mass is 10.1. The summed E-state index contributed by atoms with van der Waals surface area (Å²) in [7, 11) is 0. The number of hydrogen-bond donors (Lipinski definition) is 0. The number of unbranched alkanes of at least 4 members (excludes halogenated alkanes) is 19. The van der Waals surface area contributed by atoms with Crippen molar-refractivity contribution in [1.29, 1.82) is 0 Å².